The zero-order valence-corrected chi connectivity index (χ0v) is 23.1. The van der Waals surface area contributed by atoms with Crippen LogP contribution in [0.2, 0.25) is 0 Å². The number of allylic oxidation sites excluding steroid dienone is 6. The van der Waals surface area contributed by atoms with Crippen LogP contribution in [0.15, 0.2) is 91.3 Å². The third-order valence-electron chi connectivity index (χ3n) is 6.62. The van der Waals surface area contributed by atoms with Crippen molar-refractivity contribution < 1.29 is 4.79 Å². The summed E-state index contributed by atoms with van der Waals surface area (Å²) in [6.07, 6.45) is 14.5. The fraction of sp³-hybridized carbons (Fsp3) is 0.147. The van der Waals surface area contributed by atoms with Crippen LogP contribution in [-0.2, 0) is 6.54 Å². The number of amides is 1. The lowest BCUT2D eigenvalue weighted by Gasteiger charge is -2.11. The molecule has 1 aromatic heterocycles. The van der Waals surface area contributed by atoms with E-state index in [-0.39, 0.29) is 17.5 Å². The number of anilines is 1. The molecule has 1 aliphatic carbocycles. The van der Waals surface area contributed by atoms with Crippen LogP contribution in [0.25, 0.3) is 17.8 Å². The zero-order chi connectivity index (χ0) is 29.4. The summed E-state index contributed by atoms with van der Waals surface area (Å²) < 4.78 is 0. The number of carbonyl (C=O) groups is 1. The molecule has 0 atom stereocenters. The van der Waals surface area contributed by atoms with E-state index in [0.717, 1.165) is 40.0 Å². The van der Waals surface area contributed by atoms with Crippen molar-refractivity contribution >= 4 is 35.2 Å². The third kappa shape index (κ3) is 7.20. The van der Waals surface area contributed by atoms with Gasteiger partial charge in [-0.3, -0.25) is 10.2 Å². The minimum absolute atomic E-state index is 0.109. The first-order valence-electron chi connectivity index (χ1n) is 13.3. The fourth-order valence-electron chi connectivity index (χ4n) is 4.42. The van der Waals surface area contributed by atoms with E-state index in [0.29, 0.717) is 34.9 Å². The Balaban J connectivity index is 1.70. The van der Waals surface area contributed by atoms with E-state index in [1.807, 2.05) is 43.4 Å². The number of H-pyrrole nitrogens is 1. The quantitative estimate of drug-likeness (QED) is 0.121. The summed E-state index contributed by atoms with van der Waals surface area (Å²) in [6.45, 7) is 10.2. The second kappa shape index (κ2) is 13.1. The van der Waals surface area contributed by atoms with Gasteiger partial charge >= 0.3 is 0 Å². The lowest BCUT2D eigenvalue weighted by atomic mass is 9.95. The Hall–Kier alpha value is -5.35. The van der Waals surface area contributed by atoms with Gasteiger partial charge in [0, 0.05) is 40.5 Å². The molecule has 0 unspecified atom stereocenters. The Morgan fingerprint density at radius 2 is 1.93 bits per heavy atom. The van der Waals surface area contributed by atoms with Crippen molar-refractivity contribution in [1.82, 2.24) is 15.3 Å². The van der Waals surface area contributed by atoms with E-state index >= 15 is 0 Å². The minimum Gasteiger partial charge on any atom is -0.398 e. The van der Waals surface area contributed by atoms with Gasteiger partial charge in [-0.05, 0) is 83.5 Å². The summed E-state index contributed by atoms with van der Waals surface area (Å²) >= 11 is 0. The molecular formula is C34H34N6O. The van der Waals surface area contributed by atoms with Crippen LogP contribution in [0.5, 0.6) is 0 Å². The van der Waals surface area contributed by atoms with E-state index < -0.39 is 0 Å². The van der Waals surface area contributed by atoms with Gasteiger partial charge in [0.1, 0.15) is 11.5 Å². The molecule has 0 radical (unpaired) electrons. The normalized spacial score (nSPS) is 14.3. The van der Waals surface area contributed by atoms with E-state index in [9.17, 15) is 4.79 Å². The summed E-state index contributed by atoms with van der Waals surface area (Å²) in [5.41, 5.74) is 17.7. The first-order chi connectivity index (χ1) is 19.8. The lowest BCUT2D eigenvalue weighted by Crippen LogP contribution is -2.33. The highest BCUT2D eigenvalue weighted by Gasteiger charge is 2.27. The molecule has 7 heteroatoms. The molecule has 4 rings (SSSR count). The maximum absolute atomic E-state index is 12.6. The molecule has 1 amide bonds. The van der Waals surface area contributed by atoms with Gasteiger partial charge in [0.2, 0.25) is 0 Å². The second-order valence-corrected chi connectivity index (χ2v) is 9.67. The topological polar surface area (TPSA) is 134 Å². The van der Waals surface area contributed by atoms with Crippen molar-refractivity contribution in [3.05, 3.63) is 124 Å². The van der Waals surface area contributed by atoms with Crippen LogP contribution in [0, 0.1) is 23.2 Å². The Morgan fingerprint density at radius 3 is 2.56 bits per heavy atom. The van der Waals surface area contributed by atoms with Crippen molar-refractivity contribution in [2.45, 2.75) is 26.3 Å². The summed E-state index contributed by atoms with van der Waals surface area (Å²) in [4.78, 5) is 19.6. The zero-order valence-electron chi connectivity index (χ0n) is 23.1. The number of aromatic nitrogens is 2. The van der Waals surface area contributed by atoms with Gasteiger partial charge in [-0.25, -0.2) is 4.98 Å². The van der Waals surface area contributed by atoms with Crippen molar-refractivity contribution in [2.75, 3.05) is 5.73 Å². The number of benzene rings is 2. The van der Waals surface area contributed by atoms with Crippen molar-refractivity contribution in [1.29, 1.82) is 5.41 Å². The molecule has 1 fully saturated rings. The van der Waals surface area contributed by atoms with E-state index in [2.05, 4.69) is 40.3 Å². The van der Waals surface area contributed by atoms with Gasteiger partial charge in [-0.15, -0.1) is 0 Å². The summed E-state index contributed by atoms with van der Waals surface area (Å²) in [5, 5.41) is 13.2. The number of carbonyl (C=O) groups excluding carboxylic acids is 1. The van der Waals surface area contributed by atoms with Crippen LogP contribution in [0.4, 0.5) is 5.69 Å². The Labute approximate surface area is 240 Å². The number of nitrogens with two attached hydrogens (primary N) is 2. The third-order valence-corrected chi connectivity index (χ3v) is 6.62. The molecule has 0 aliphatic heterocycles. The highest BCUT2D eigenvalue weighted by molar-refractivity contribution is 6.14. The molecule has 1 aliphatic rings. The average molecular weight is 543 g/mol. The predicted molar refractivity (Wildman–Crippen MR) is 168 cm³/mol. The number of imidazole rings is 1. The molecule has 0 bridgehead atoms. The van der Waals surface area contributed by atoms with Gasteiger partial charge in [0.15, 0.2) is 0 Å². The number of hydrogen-bond acceptors (Lipinski definition) is 5. The highest BCUT2D eigenvalue weighted by Crippen LogP contribution is 2.38. The molecule has 3 aromatic rings. The van der Waals surface area contributed by atoms with Gasteiger partial charge in [-0.2, -0.15) is 0 Å². The number of nitrogens with one attached hydrogen (secondary N) is 3. The van der Waals surface area contributed by atoms with Crippen molar-refractivity contribution in [2.24, 2.45) is 11.7 Å². The molecule has 0 spiro atoms. The first-order valence-corrected chi connectivity index (χ1v) is 13.3. The molecule has 7 N–H and O–H groups in total. The van der Waals surface area contributed by atoms with Crippen LogP contribution < -0.4 is 27.2 Å². The predicted octanol–water partition coefficient (Wildman–Crippen LogP) is 3.95. The molecule has 0 saturated heterocycles. The van der Waals surface area contributed by atoms with E-state index in [1.165, 1.54) is 0 Å². The van der Waals surface area contributed by atoms with Crippen molar-refractivity contribution in [3.8, 4) is 11.8 Å². The monoisotopic (exact) mass is 542 g/mol. The molecular weight excluding hydrogens is 508 g/mol. The molecule has 1 saturated carbocycles. The first kappa shape index (κ1) is 28.7. The largest absolute Gasteiger partial charge is 0.398 e. The second-order valence-electron chi connectivity index (χ2n) is 9.67. The number of aromatic amines is 1. The van der Waals surface area contributed by atoms with Gasteiger partial charge < -0.3 is 21.8 Å². The van der Waals surface area contributed by atoms with E-state index in [4.69, 9.17) is 16.9 Å². The van der Waals surface area contributed by atoms with E-state index in [1.54, 1.807) is 42.7 Å². The summed E-state index contributed by atoms with van der Waals surface area (Å²) in [5.74, 6) is 6.76. The van der Waals surface area contributed by atoms with Crippen LogP contribution >= 0.6 is 0 Å². The van der Waals surface area contributed by atoms with Gasteiger partial charge in [0.25, 0.3) is 5.91 Å². The Morgan fingerprint density at radius 1 is 1.20 bits per heavy atom. The molecule has 1 heterocycles. The molecule has 7 nitrogen and oxygen atoms in total. The molecule has 2 aromatic carbocycles. The minimum atomic E-state index is -0.202. The smallest absolute Gasteiger partial charge is 0.251 e. The van der Waals surface area contributed by atoms with Crippen LogP contribution in [0.3, 0.4) is 0 Å². The van der Waals surface area contributed by atoms with Gasteiger partial charge in [0.05, 0.1) is 6.54 Å². The highest BCUT2D eigenvalue weighted by atomic mass is 16.1. The number of nitrogens with zero attached hydrogens (tertiary/aromatic N) is 1. The summed E-state index contributed by atoms with van der Waals surface area (Å²) in [6, 6.07) is 10.8. The van der Waals surface area contributed by atoms with Crippen LogP contribution in [-0.4, -0.2) is 21.6 Å². The fourth-order valence-corrected chi connectivity index (χ4v) is 4.42. The Bertz CT molecular complexity index is 1730. The maximum atomic E-state index is 12.6. The maximum Gasteiger partial charge on any atom is 0.251 e. The number of hydrogen-bond donors (Lipinski definition) is 5. The Kier molecular flexibility index (Phi) is 9.18. The molecule has 206 valence electrons. The lowest BCUT2D eigenvalue weighted by molar-refractivity contribution is 0.0950. The summed E-state index contributed by atoms with van der Waals surface area (Å²) in [7, 11) is 0. The number of nitrogen functional groups attached to an aromatic ring is 1. The standard InChI is InChI=1S/C34H34N6O/c1-4-6-23(7-5-2)9-17-29(36)33-28(35)16-8-22(3)32(33)27(24-10-11-24)20-30(37)25-12-14-26(15-13-25)34(41)40-21-31-38-18-19-39-31/h4-8,12-16,18-20,24,36H,1,3,10-11,21,35,37H2,2H3,(H,38,39)(H,40,41)/b7-5-,23-6+,30-20-,32-27-,36-29?. The SMILES string of the molecule is C=C/C=C(C#CC(=N)c1c(N)ccc(=C)/c1=C(\C=C(/N)c1ccc(C(=O)NCc2ncc[nH]2)cc1)C1CC1)\C=C/C. The average Bonchev–Trinajstić information content (AvgIpc) is 3.68. The van der Waals surface area contributed by atoms with Gasteiger partial charge in [-0.1, -0.05) is 55.5 Å². The van der Waals surface area contributed by atoms with Crippen LogP contribution in [0.1, 0.15) is 47.1 Å². The molecule has 41 heavy (non-hydrogen) atoms. The number of rotatable bonds is 9. The van der Waals surface area contributed by atoms with Crippen molar-refractivity contribution in [3.63, 3.8) is 0 Å².